The molecular weight excluding hydrogens is 250 g/mol. The van der Waals surface area contributed by atoms with Crippen molar-refractivity contribution in [1.82, 2.24) is 4.37 Å². The van der Waals surface area contributed by atoms with Crippen LogP contribution in [0.25, 0.3) is 0 Å². The SMILES string of the molecule is CCOC(=O)c1c(N)nsc1NCCC(C)(C)C. The molecule has 0 aliphatic carbocycles. The minimum Gasteiger partial charge on any atom is -0.462 e. The van der Waals surface area contributed by atoms with Gasteiger partial charge < -0.3 is 15.8 Å². The zero-order chi connectivity index (χ0) is 13.8. The Morgan fingerprint density at radius 3 is 2.72 bits per heavy atom. The number of hydrogen-bond donors (Lipinski definition) is 2. The Hall–Kier alpha value is -1.30. The number of hydrogen-bond acceptors (Lipinski definition) is 6. The number of nitrogens with two attached hydrogens (primary N) is 1. The molecule has 1 aromatic rings. The van der Waals surface area contributed by atoms with E-state index in [0.29, 0.717) is 17.2 Å². The van der Waals surface area contributed by atoms with Crippen LogP contribution in [0.3, 0.4) is 0 Å². The highest BCUT2D eigenvalue weighted by molar-refractivity contribution is 7.11. The van der Waals surface area contributed by atoms with Crippen LogP contribution >= 0.6 is 11.5 Å². The maximum atomic E-state index is 11.7. The van der Waals surface area contributed by atoms with Gasteiger partial charge in [0.25, 0.3) is 0 Å². The third-order valence-corrected chi connectivity index (χ3v) is 3.18. The molecule has 0 saturated carbocycles. The first-order chi connectivity index (χ1) is 8.35. The Bertz CT molecular complexity index is 410. The molecule has 1 heterocycles. The summed E-state index contributed by atoms with van der Waals surface area (Å²) in [6.45, 7) is 9.37. The lowest BCUT2D eigenvalue weighted by molar-refractivity contribution is 0.0529. The van der Waals surface area contributed by atoms with E-state index in [9.17, 15) is 4.79 Å². The summed E-state index contributed by atoms with van der Waals surface area (Å²) in [7, 11) is 0. The topological polar surface area (TPSA) is 77.2 Å². The molecule has 0 bridgehead atoms. The first kappa shape index (κ1) is 14.8. The molecule has 5 nitrogen and oxygen atoms in total. The maximum absolute atomic E-state index is 11.7. The zero-order valence-electron chi connectivity index (χ0n) is 11.4. The van der Waals surface area contributed by atoms with Gasteiger partial charge in [-0.05, 0) is 30.3 Å². The number of aromatic nitrogens is 1. The zero-order valence-corrected chi connectivity index (χ0v) is 12.2. The predicted octanol–water partition coefficient (Wildman–Crippen LogP) is 2.75. The van der Waals surface area contributed by atoms with Crippen molar-refractivity contribution in [3.05, 3.63) is 5.56 Å². The molecule has 0 atom stereocenters. The van der Waals surface area contributed by atoms with Gasteiger partial charge in [-0.3, -0.25) is 0 Å². The van der Waals surface area contributed by atoms with E-state index in [2.05, 4.69) is 30.5 Å². The molecule has 102 valence electrons. The van der Waals surface area contributed by atoms with Gasteiger partial charge >= 0.3 is 5.97 Å². The molecule has 0 amide bonds. The largest absolute Gasteiger partial charge is 0.462 e. The fraction of sp³-hybridized carbons (Fsp3) is 0.667. The van der Waals surface area contributed by atoms with Crippen molar-refractivity contribution < 1.29 is 9.53 Å². The van der Waals surface area contributed by atoms with Gasteiger partial charge in [-0.15, -0.1) is 0 Å². The molecule has 0 saturated heterocycles. The number of nitrogens with one attached hydrogen (secondary N) is 1. The van der Waals surface area contributed by atoms with Gasteiger partial charge in [-0.1, -0.05) is 20.8 Å². The van der Waals surface area contributed by atoms with Crippen molar-refractivity contribution in [1.29, 1.82) is 0 Å². The minimum absolute atomic E-state index is 0.233. The van der Waals surface area contributed by atoms with Crippen LogP contribution < -0.4 is 11.1 Å². The summed E-state index contributed by atoms with van der Waals surface area (Å²) in [5.41, 5.74) is 6.29. The van der Waals surface area contributed by atoms with Gasteiger partial charge in [0.05, 0.1) is 6.61 Å². The maximum Gasteiger partial charge on any atom is 0.344 e. The normalized spacial score (nSPS) is 11.3. The molecule has 0 radical (unpaired) electrons. The lowest BCUT2D eigenvalue weighted by Crippen LogP contribution is -2.14. The molecule has 3 N–H and O–H groups in total. The van der Waals surface area contributed by atoms with E-state index in [4.69, 9.17) is 10.5 Å². The van der Waals surface area contributed by atoms with Crippen molar-refractivity contribution in [3.63, 3.8) is 0 Å². The molecule has 0 aliphatic heterocycles. The van der Waals surface area contributed by atoms with Crippen LogP contribution in [0.2, 0.25) is 0 Å². The monoisotopic (exact) mass is 271 g/mol. The standard InChI is InChI=1S/C12H21N3O2S/c1-5-17-11(16)8-9(13)15-18-10(8)14-7-6-12(2,3)4/h14H,5-7H2,1-4H3,(H2,13,15). The van der Waals surface area contributed by atoms with Crippen LogP contribution in [0, 0.1) is 5.41 Å². The summed E-state index contributed by atoms with van der Waals surface area (Å²) >= 11 is 1.19. The number of nitrogen functional groups attached to an aromatic ring is 1. The highest BCUT2D eigenvalue weighted by Crippen LogP contribution is 2.28. The summed E-state index contributed by atoms with van der Waals surface area (Å²) < 4.78 is 8.95. The quantitative estimate of drug-likeness (QED) is 0.805. The van der Waals surface area contributed by atoms with Crippen LogP contribution in [0.1, 0.15) is 44.5 Å². The Morgan fingerprint density at radius 1 is 1.50 bits per heavy atom. The van der Waals surface area contributed by atoms with Gasteiger partial charge in [0.2, 0.25) is 0 Å². The van der Waals surface area contributed by atoms with E-state index in [1.54, 1.807) is 6.92 Å². The number of nitrogens with zero attached hydrogens (tertiary/aromatic N) is 1. The molecule has 1 rings (SSSR count). The lowest BCUT2D eigenvalue weighted by Gasteiger charge is -2.18. The molecule has 6 heteroatoms. The Morgan fingerprint density at radius 2 is 2.17 bits per heavy atom. The molecule has 0 unspecified atom stereocenters. The van der Waals surface area contributed by atoms with Crippen LogP contribution in [-0.2, 0) is 4.74 Å². The number of carbonyl (C=O) groups excluding carboxylic acids is 1. The molecule has 0 spiro atoms. The summed E-state index contributed by atoms with van der Waals surface area (Å²) in [6, 6.07) is 0. The Balaban J connectivity index is 2.69. The first-order valence-electron chi connectivity index (χ1n) is 6.01. The van der Waals surface area contributed by atoms with E-state index in [0.717, 1.165) is 13.0 Å². The smallest absolute Gasteiger partial charge is 0.344 e. The molecule has 0 fully saturated rings. The molecular formula is C12H21N3O2S. The molecule has 0 aromatic carbocycles. The summed E-state index contributed by atoms with van der Waals surface area (Å²) in [5.74, 6) is -0.182. The number of carbonyl (C=O) groups is 1. The Labute approximate surface area is 112 Å². The van der Waals surface area contributed by atoms with Crippen molar-refractivity contribution in [2.75, 3.05) is 24.2 Å². The van der Waals surface area contributed by atoms with Crippen molar-refractivity contribution in [2.45, 2.75) is 34.1 Å². The number of rotatable bonds is 5. The summed E-state index contributed by atoms with van der Waals surface area (Å²) in [6.07, 6.45) is 0.993. The van der Waals surface area contributed by atoms with E-state index >= 15 is 0 Å². The molecule has 18 heavy (non-hydrogen) atoms. The van der Waals surface area contributed by atoms with Gasteiger partial charge in [-0.25, -0.2) is 4.79 Å². The van der Waals surface area contributed by atoms with Gasteiger partial charge in [0, 0.05) is 6.54 Å². The average molecular weight is 271 g/mol. The van der Waals surface area contributed by atoms with Crippen LogP contribution in [-0.4, -0.2) is 23.5 Å². The Kier molecular flexibility index (Phi) is 4.95. The second kappa shape index (κ2) is 6.04. The summed E-state index contributed by atoms with van der Waals surface area (Å²) in [4.78, 5) is 11.7. The van der Waals surface area contributed by atoms with E-state index < -0.39 is 5.97 Å². The van der Waals surface area contributed by atoms with E-state index in [-0.39, 0.29) is 11.2 Å². The van der Waals surface area contributed by atoms with Crippen molar-refractivity contribution >= 4 is 28.3 Å². The molecule has 0 aliphatic rings. The van der Waals surface area contributed by atoms with Gasteiger partial charge in [0.15, 0.2) is 5.82 Å². The molecule has 1 aromatic heterocycles. The van der Waals surface area contributed by atoms with Crippen molar-refractivity contribution in [3.8, 4) is 0 Å². The fourth-order valence-electron chi connectivity index (χ4n) is 1.37. The highest BCUT2D eigenvalue weighted by Gasteiger charge is 2.20. The highest BCUT2D eigenvalue weighted by atomic mass is 32.1. The third-order valence-electron chi connectivity index (χ3n) is 2.36. The van der Waals surface area contributed by atoms with E-state index in [1.807, 2.05) is 0 Å². The third kappa shape index (κ3) is 4.18. The second-order valence-corrected chi connectivity index (χ2v) is 6.00. The van der Waals surface area contributed by atoms with E-state index in [1.165, 1.54) is 11.5 Å². The lowest BCUT2D eigenvalue weighted by atomic mass is 9.92. The average Bonchev–Trinajstić information content (AvgIpc) is 2.58. The van der Waals surface area contributed by atoms with Crippen LogP contribution in [0.15, 0.2) is 0 Å². The van der Waals surface area contributed by atoms with Crippen LogP contribution in [0.4, 0.5) is 10.8 Å². The van der Waals surface area contributed by atoms with Gasteiger partial charge in [-0.2, -0.15) is 4.37 Å². The van der Waals surface area contributed by atoms with Gasteiger partial charge in [0.1, 0.15) is 10.6 Å². The summed E-state index contributed by atoms with van der Waals surface area (Å²) in [5, 5.41) is 3.90. The number of esters is 1. The number of anilines is 2. The fourth-order valence-corrected chi connectivity index (χ4v) is 2.10. The minimum atomic E-state index is -0.415. The number of ether oxygens (including phenoxy) is 1. The van der Waals surface area contributed by atoms with Crippen molar-refractivity contribution in [2.24, 2.45) is 5.41 Å². The van der Waals surface area contributed by atoms with Crippen LogP contribution in [0.5, 0.6) is 0 Å². The first-order valence-corrected chi connectivity index (χ1v) is 6.78. The predicted molar refractivity (Wildman–Crippen MR) is 75.0 cm³/mol. The second-order valence-electron chi connectivity index (χ2n) is 5.23.